The number of benzene rings is 3. The summed E-state index contributed by atoms with van der Waals surface area (Å²) >= 11 is 0. The van der Waals surface area contributed by atoms with Crippen molar-refractivity contribution in [3.8, 4) is 11.1 Å². The van der Waals surface area contributed by atoms with Gasteiger partial charge in [-0.25, -0.2) is 4.79 Å². The Labute approximate surface area is 230 Å². The van der Waals surface area contributed by atoms with E-state index < -0.39 is 0 Å². The molecule has 0 bridgehead atoms. The molecule has 2 aliphatic carbocycles. The lowest BCUT2D eigenvalue weighted by atomic mass is 9.85. The van der Waals surface area contributed by atoms with Crippen LogP contribution in [0.1, 0.15) is 71.1 Å². The number of ether oxygens (including phenoxy) is 1. The summed E-state index contributed by atoms with van der Waals surface area (Å²) in [6.07, 6.45) is 4.82. The number of carbonyl (C=O) groups is 3. The minimum absolute atomic E-state index is 0.122. The number of hydrogen-bond acceptors (Lipinski definition) is 4. The second-order valence-corrected chi connectivity index (χ2v) is 11.7. The van der Waals surface area contributed by atoms with Crippen molar-refractivity contribution >= 4 is 17.7 Å². The van der Waals surface area contributed by atoms with Crippen LogP contribution in [-0.4, -0.2) is 36.2 Å². The van der Waals surface area contributed by atoms with E-state index in [1.807, 2.05) is 41.3 Å². The predicted molar refractivity (Wildman–Crippen MR) is 150 cm³/mol. The summed E-state index contributed by atoms with van der Waals surface area (Å²) in [5.74, 6) is 0.698. The molecular formula is C34H35NO4. The smallest absolute Gasteiger partial charge is 0.337 e. The number of carbonyl (C=O) groups excluding carboxylic acids is 3. The fourth-order valence-electron chi connectivity index (χ4n) is 6.20. The van der Waals surface area contributed by atoms with Gasteiger partial charge < -0.3 is 9.64 Å². The number of rotatable bonds is 8. The molecule has 1 amide bonds. The topological polar surface area (TPSA) is 63.7 Å². The highest BCUT2D eigenvalue weighted by molar-refractivity contribution is 5.91. The quantitative estimate of drug-likeness (QED) is 0.335. The molecule has 39 heavy (non-hydrogen) atoms. The first kappa shape index (κ1) is 25.5. The van der Waals surface area contributed by atoms with Gasteiger partial charge in [-0.05, 0) is 83.5 Å². The molecule has 1 aliphatic heterocycles. The molecule has 2 unspecified atom stereocenters. The molecule has 0 aromatic heterocycles. The summed E-state index contributed by atoms with van der Waals surface area (Å²) < 4.78 is 4.94. The van der Waals surface area contributed by atoms with Crippen LogP contribution in [0.15, 0.2) is 66.7 Å². The van der Waals surface area contributed by atoms with Gasteiger partial charge in [0.2, 0.25) is 5.91 Å². The Balaban J connectivity index is 1.27. The van der Waals surface area contributed by atoms with Crippen LogP contribution in [0.2, 0.25) is 0 Å². The number of methoxy groups -OCH3 is 1. The minimum Gasteiger partial charge on any atom is -0.465 e. The van der Waals surface area contributed by atoms with Crippen LogP contribution in [0.25, 0.3) is 11.1 Å². The van der Waals surface area contributed by atoms with E-state index in [1.165, 1.54) is 23.8 Å². The lowest BCUT2D eigenvalue weighted by Crippen LogP contribution is -2.40. The highest BCUT2D eigenvalue weighted by atomic mass is 16.5. The van der Waals surface area contributed by atoms with Crippen molar-refractivity contribution in [1.29, 1.82) is 0 Å². The number of Topliss-reactive ketones (excluding diaryl/α,β-unsaturated/α-hetero) is 1. The number of hydrogen-bond donors (Lipinski definition) is 0. The molecule has 200 valence electrons. The molecule has 0 N–H and O–H groups in total. The normalized spacial score (nSPS) is 20.6. The van der Waals surface area contributed by atoms with E-state index in [0.29, 0.717) is 43.2 Å². The second kappa shape index (κ2) is 10.1. The number of amides is 1. The third kappa shape index (κ3) is 5.03. The number of fused-ring (bicyclic) bond motifs is 1. The van der Waals surface area contributed by atoms with Crippen molar-refractivity contribution in [2.24, 2.45) is 11.3 Å². The molecule has 2 saturated carbocycles. The summed E-state index contributed by atoms with van der Waals surface area (Å²) in [7, 11) is 1.39. The molecule has 2 fully saturated rings. The molecule has 3 aromatic rings. The van der Waals surface area contributed by atoms with E-state index >= 15 is 0 Å². The van der Waals surface area contributed by atoms with E-state index in [0.717, 1.165) is 42.4 Å². The van der Waals surface area contributed by atoms with Gasteiger partial charge >= 0.3 is 5.97 Å². The van der Waals surface area contributed by atoms with Crippen molar-refractivity contribution in [1.82, 2.24) is 4.90 Å². The van der Waals surface area contributed by atoms with Gasteiger partial charge in [-0.15, -0.1) is 0 Å². The van der Waals surface area contributed by atoms with Crippen LogP contribution in [0, 0.1) is 11.3 Å². The fourth-order valence-corrected chi connectivity index (χ4v) is 6.20. The van der Waals surface area contributed by atoms with Crippen molar-refractivity contribution in [2.45, 2.75) is 57.9 Å². The molecule has 0 radical (unpaired) electrons. The Kier molecular flexibility index (Phi) is 6.62. The van der Waals surface area contributed by atoms with Gasteiger partial charge in [-0.3, -0.25) is 9.59 Å². The number of nitrogens with zero attached hydrogens (tertiary/aromatic N) is 1. The molecule has 2 atom stereocenters. The monoisotopic (exact) mass is 521 g/mol. The first-order valence-electron chi connectivity index (χ1n) is 14.1. The third-order valence-corrected chi connectivity index (χ3v) is 8.98. The maximum Gasteiger partial charge on any atom is 0.337 e. The maximum atomic E-state index is 13.3. The van der Waals surface area contributed by atoms with Crippen molar-refractivity contribution in [2.75, 3.05) is 13.7 Å². The van der Waals surface area contributed by atoms with Gasteiger partial charge in [0.15, 0.2) is 0 Å². The Hall–Kier alpha value is -3.73. The zero-order valence-corrected chi connectivity index (χ0v) is 22.7. The summed E-state index contributed by atoms with van der Waals surface area (Å²) in [5, 5.41) is 0. The van der Waals surface area contributed by atoms with E-state index in [4.69, 9.17) is 4.74 Å². The molecule has 1 heterocycles. The van der Waals surface area contributed by atoms with Crippen molar-refractivity contribution in [3.63, 3.8) is 0 Å². The highest BCUT2D eigenvalue weighted by Crippen LogP contribution is 2.49. The first-order valence-corrected chi connectivity index (χ1v) is 14.1. The molecule has 0 saturated heterocycles. The summed E-state index contributed by atoms with van der Waals surface area (Å²) in [4.78, 5) is 40.6. The van der Waals surface area contributed by atoms with Gasteiger partial charge in [-0.1, -0.05) is 61.5 Å². The fraction of sp³-hybridized carbons (Fsp3) is 0.382. The average molecular weight is 522 g/mol. The number of ketones is 1. The van der Waals surface area contributed by atoms with Crippen LogP contribution in [0.4, 0.5) is 0 Å². The molecule has 3 aliphatic rings. The Morgan fingerprint density at radius 1 is 0.974 bits per heavy atom. The molecular weight excluding hydrogens is 486 g/mol. The Bertz CT molecular complexity index is 1440. The average Bonchev–Trinajstić information content (AvgIpc) is 3.92. The Morgan fingerprint density at radius 2 is 1.77 bits per heavy atom. The molecule has 5 nitrogen and oxygen atoms in total. The molecule has 5 heteroatoms. The maximum absolute atomic E-state index is 13.3. The first-order chi connectivity index (χ1) is 18.9. The van der Waals surface area contributed by atoms with E-state index in [-0.39, 0.29) is 23.2 Å². The molecule has 0 spiro atoms. The summed E-state index contributed by atoms with van der Waals surface area (Å²) in [6, 6.07) is 22.1. The van der Waals surface area contributed by atoms with Crippen LogP contribution in [-0.2, 0) is 33.7 Å². The highest BCUT2D eigenvalue weighted by Gasteiger charge is 2.47. The second-order valence-electron chi connectivity index (χ2n) is 11.7. The van der Waals surface area contributed by atoms with Gasteiger partial charge in [0.1, 0.15) is 5.78 Å². The van der Waals surface area contributed by atoms with E-state index in [1.54, 1.807) is 6.07 Å². The van der Waals surface area contributed by atoms with Gasteiger partial charge in [0.05, 0.1) is 12.7 Å². The minimum atomic E-state index is -0.357. The van der Waals surface area contributed by atoms with Gasteiger partial charge in [-0.2, -0.15) is 0 Å². The molecule has 3 aromatic carbocycles. The van der Waals surface area contributed by atoms with E-state index in [2.05, 4.69) is 31.2 Å². The zero-order chi connectivity index (χ0) is 27.1. The summed E-state index contributed by atoms with van der Waals surface area (Å²) in [5.41, 5.74) is 7.17. The lowest BCUT2D eigenvalue weighted by Gasteiger charge is -2.33. The predicted octanol–water partition coefficient (Wildman–Crippen LogP) is 6.13. The summed E-state index contributed by atoms with van der Waals surface area (Å²) in [6.45, 7) is 3.33. The van der Waals surface area contributed by atoms with Crippen molar-refractivity contribution in [3.05, 3.63) is 94.5 Å². The zero-order valence-electron chi connectivity index (χ0n) is 22.7. The third-order valence-electron chi connectivity index (χ3n) is 8.98. The van der Waals surface area contributed by atoms with Crippen LogP contribution in [0.5, 0.6) is 0 Å². The van der Waals surface area contributed by atoms with Crippen LogP contribution < -0.4 is 0 Å². The van der Waals surface area contributed by atoms with Gasteiger partial charge in [0, 0.05) is 30.8 Å². The largest absolute Gasteiger partial charge is 0.465 e. The number of esters is 1. The lowest BCUT2D eigenvalue weighted by molar-refractivity contribution is -0.137. The van der Waals surface area contributed by atoms with E-state index in [9.17, 15) is 14.4 Å². The number of aryl methyl sites for hydroxylation is 1. The molecule has 6 rings (SSSR count). The Morgan fingerprint density at radius 3 is 2.51 bits per heavy atom. The van der Waals surface area contributed by atoms with Crippen LogP contribution >= 0.6 is 0 Å². The van der Waals surface area contributed by atoms with Gasteiger partial charge in [0.25, 0.3) is 0 Å². The van der Waals surface area contributed by atoms with Crippen molar-refractivity contribution < 1.29 is 19.1 Å². The standard InChI is InChI=1S/C34H35NO4/c1-34(16-17-34)33(38)35-18-15-27-26(24-9-6-10-25(19-24)32(37)39-2)13-11-23(30(27)21-35)12-14-31(36)29-20-28(29)22-7-4-3-5-8-22/h3-11,13,19,28-29H,12,14-18,20-21H2,1-2H3. The van der Waals surface area contributed by atoms with Crippen LogP contribution in [0.3, 0.4) is 0 Å². The SMILES string of the molecule is COC(=O)c1cccc(-c2ccc(CCC(=O)C3CC3c3ccccc3)c3c2CCN(C(=O)C2(C)CC2)C3)c1.